The fraction of sp³-hybridized carbons (Fsp3) is 0.217. The summed E-state index contributed by atoms with van der Waals surface area (Å²) in [6.45, 7) is 2.21. The lowest BCUT2D eigenvalue weighted by Crippen LogP contribution is -2.13. The van der Waals surface area contributed by atoms with E-state index in [0.717, 1.165) is 24.1 Å². The summed E-state index contributed by atoms with van der Waals surface area (Å²) in [6, 6.07) is 15.1. The van der Waals surface area contributed by atoms with E-state index in [1.54, 1.807) is 18.3 Å². The Balaban J connectivity index is 1.37. The molecule has 3 heterocycles. The number of carbonyl (C=O) groups is 1. The maximum atomic E-state index is 13.1. The fourth-order valence-electron chi connectivity index (χ4n) is 3.38. The molecule has 1 aliphatic carbocycles. The molecule has 0 bridgehead atoms. The minimum absolute atomic E-state index is 0.240. The number of amides is 1. The summed E-state index contributed by atoms with van der Waals surface area (Å²) >= 11 is 0. The van der Waals surface area contributed by atoms with Crippen molar-refractivity contribution in [3.05, 3.63) is 77.2 Å². The molecule has 7 nitrogen and oxygen atoms in total. The molecule has 0 saturated heterocycles. The van der Waals surface area contributed by atoms with E-state index in [0.29, 0.717) is 46.4 Å². The molecule has 1 saturated carbocycles. The van der Waals surface area contributed by atoms with Crippen molar-refractivity contribution in [2.75, 3.05) is 5.32 Å². The van der Waals surface area contributed by atoms with Gasteiger partial charge in [-0.25, -0.2) is 9.97 Å². The molecular formula is C23H20N4O3. The van der Waals surface area contributed by atoms with Gasteiger partial charge in [0, 0.05) is 29.6 Å². The zero-order chi connectivity index (χ0) is 20.5. The molecule has 0 atom stereocenters. The Hall–Kier alpha value is -3.74. The molecule has 1 N–H and O–H groups in total. The topological polar surface area (TPSA) is 90.1 Å². The normalized spacial score (nSPS) is 13.4. The first-order valence-electron chi connectivity index (χ1n) is 9.88. The van der Waals surface area contributed by atoms with Crippen molar-refractivity contribution in [2.45, 2.75) is 32.3 Å². The van der Waals surface area contributed by atoms with Crippen LogP contribution >= 0.6 is 0 Å². The Morgan fingerprint density at radius 2 is 2.03 bits per heavy atom. The standard InChI is InChI=1S/C23H20N4O3/c1-14-21-18(12-19(16-7-8-16)26-23(21)30-27-14)22(28)25-17-9-10-24-20(11-17)29-13-15-5-3-2-4-6-15/h2-6,9-12,16H,7-8,13H2,1H3,(H,24,25,28). The molecule has 7 heteroatoms. The minimum atomic E-state index is -0.240. The number of pyridine rings is 2. The van der Waals surface area contributed by atoms with Gasteiger partial charge < -0.3 is 14.6 Å². The van der Waals surface area contributed by atoms with Gasteiger partial charge in [-0.15, -0.1) is 0 Å². The predicted molar refractivity (Wildman–Crippen MR) is 111 cm³/mol. The van der Waals surface area contributed by atoms with Crippen molar-refractivity contribution in [3.8, 4) is 5.88 Å². The number of nitrogens with one attached hydrogen (secondary N) is 1. The van der Waals surface area contributed by atoms with Crippen LogP contribution in [0.1, 0.15) is 46.1 Å². The summed E-state index contributed by atoms with van der Waals surface area (Å²) in [4.78, 5) is 21.9. The molecule has 0 unspecified atom stereocenters. The lowest BCUT2D eigenvalue weighted by atomic mass is 10.1. The number of aryl methyl sites for hydroxylation is 1. The summed E-state index contributed by atoms with van der Waals surface area (Å²) in [6.07, 6.45) is 3.77. The number of benzene rings is 1. The number of hydrogen-bond acceptors (Lipinski definition) is 6. The van der Waals surface area contributed by atoms with Gasteiger partial charge in [-0.3, -0.25) is 4.79 Å². The summed E-state index contributed by atoms with van der Waals surface area (Å²) in [5.41, 5.74) is 4.10. The SMILES string of the molecule is Cc1noc2nc(C3CC3)cc(C(=O)Nc3ccnc(OCc4ccccc4)c3)c12. The molecule has 3 aromatic heterocycles. The van der Waals surface area contributed by atoms with Crippen LogP contribution in [0.2, 0.25) is 0 Å². The monoisotopic (exact) mass is 400 g/mol. The predicted octanol–water partition coefficient (Wildman–Crippen LogP) is 4.63. The van der Waals surface area contributed by atoms with E-state index in [1.807, 2.05) is 43.3 Å². The summed E-state index contributed by atoms with van der Waals surface area (Å²) in [5.74, 6) is 0.595. The van der Waals surface area contributed by atoms with E-state index in [1.165, 1.54) is 0 Å². The first-order valence-corrected chi connectivity index (χ1v) is 9.88. The molecule has 0 radical (unpaired) electrons. The molecule has 1 amide bonds. The summed E-state index contributed by atoms with van der Waals surface area (Å²) in [5, 5.41) is 7.57. The van der Waals surface area contributed by atoms with E-state index in [4.69, 9.17) is 9.26 Å². The Labute approximate surface area is 173 Å². The third-order valence-electron chi connectivity index (χ3n) is 5.10. The van der Waals surface area contributed by atoms with Gasteiger partial charge in [-0.2, -0.15) is 0 Å². The van der Waals surface area contributed by atoms with Crippen molar-refractivity contribution < 1.29 is 14.1 Å². The molecule has 150 valence electrons. The van der Waals surface area contributed by atoms with Crippen LogP contribution in [-0.2, 0) is 6.61 Å². The number of nitrogens with zero attached hydrogens (tertiary/aromatic N) is 3. The van der Waals surface area contributed by atoms with E-state index in [9.17, 15) is 4.79 Å². The first-order chi connectivity index (χ1) is 14.7. The second-order valence-corrected chi connectivity index (χ2v) is 7.43. The molecule has 0 aliphatic heterocycles. The Morgan fingerprint density at radius 1 is 1.20 bits per heavy atom. The second kappa shape index (κ2) is 7.59. The number of fused-ring (bicyclic) bond motifs is 1. The molecular weight excluding hydrogens is 380 g/mol. The van der Waals surface area contributed by atoms with Crippen molar-refractivity contribution in [3.63, 3.8) is 0 Å². The molecule has 1 fully saturated rings. The highest BCUT2D eigenvalue weighted by Gasteiger charge is 2.28. The van der Waals surface area contributed by atoms with Gasteiger partial charge in [-0.1, -0.05) is 35.5 Å². The van der Waals surface area contributed by atoms with Crippen LogP contribution < -0.4 is 10.1 Å². The Morgan fingerprint density at radius 3 is 2.83 bits per heavy atom. The maximum Gasteiger partial charge on any atom is 0.259 e. The van der Waals surface area contributed by atoms with Crippen LogP contribution in [-0.4, -0.2) is 21.0 Å². The molecule has 30 heavy (non-hydrogen) atoms. The van der Waals surface area contributed by atoms with Crippen molar-refractivity contribution >= 4 is 22.7 Å². The van der Waals surface area contributed by atoms with Crippen LogP contribution in [0.4, 0.5) is 5.69 Å². The maximum absolute atomic E-state index is 13.1. The van der Waals surface area contributed by atoms with Crippen molar-refractivity contribution in [2.24, 2.45) is 0 Å². The molecule has 1 aromatic carbocycles. The van der Waals surface area contributed by atoms with E-state index < -0.39 is 0 Å². The molecule has 5 rings (SSSR count). The van der Waals surface area contributed by atoms with Crippen LogP contribution in [0.15, 0.2) is 59.3 Å². The number of hydrogen-bond donors (Lipinski definition) is 1. The summed E-state index contributed by atoms with van der Waals surface area (Å²) < 4.78 is 11.1. The highest BCUT2D eigenvalue weighted by Crippen LogP contribution is 2.40. The van der Waals surface area contributed by atoms with Crippen molar-refractivity contribution in [1.82, 2.24) is 15.1 Å². The Bertz CT molecular complexity index is 1220. The van der Waals surface area contributed by atoms with Gasteiger partial charge in [0.2, 0.25) is 5.88 Å². The highest BCUT2D eigenvalue weighted by atomic mass is 16.5. The van der Waals surface area contributed by atoms with Crippen LogP contribution in [0.3, 0.4) is 0 Å². The van der Waals surface area contributed by atoms with Gasteiger partial charge in [0.1, 0.15) is 6.61 Å². The number of anilines is 1. The van der Waals surface area contributed by atoms with E-state index in [2.05, 4.69) is 20.4 Å². The number of carbonyl (C=O) groups excluding carboxylic acids is 1. The van der Waals surface area contributed by atoms with Crippen LogP contribution in [0, 0.1) is 6.92 Å². The number of aromatic nitrogens is 3. The lowest BCUT2D eigenvalue weighted by Gasteiger charge is -2.10. The van der Waals surface area contributed by atoms with Crippen LogP contribution in [0.5, 0.6) is 5.88 Å². The number of ether oxygens (including phenoxy) is 1. The Kier molecular flexibility index (Phi) is 4.63. The largest absolute Gasteiger partial charge is 0.473 e. The summed E-state index contributed by atoms with van der Waals surface area (Å²) in [7, 11) is 0. The van der Waals surface area contributed by atoms with Gasteiger partial charge in [0.15, 0.2) is 0 Å². The van der Waals surface area contributed by atoms with E-state index in [-0.39, 0.29) is 5.91 Å². The quantitative estimate of drug-likeness (QED) is 0.507. The smallest absolute Gasteiger partial charge is 0.259 e. The van der Waals surface area contributed by atoms with Gasteiger partial charge in [-0.05, 0) is 37.5 Å². The lowest BCUT2D eigenvalue weighted by molar-refractivity contribution is 0.102. The van der Waals surface area contributed by atoms with Gasteiger partial charge >= 0.3 is 0 Å². The average molecular weight is 400 g/mol. The third kappa shape index (κ3) is 3.74. The minimum Gasteiger partial charge on any atom is -0.473 e. The highest BCUT2D eigenvalue weighted by molar-refractivity contribution is 6.12. The zero-order valence-corrected chi connectivity index (χ0v) is 16.5. The van der Waals surface area contributed by atoms with Gasteiger partial charge in [0.25, 0.3) is 11.6 Å². The van der Waals surface area contributed by atoms with Crippen molar-refractivity contribution in [1.29, 1.82) is 0 Å². The fourth-order valence-corrected chi connectivity index (χ4v) is 3.38. The van der Waals surface area contributed by atoms with Crippen LogP contribution in [0.25, 0.3) is 11.1 Å². The third-order valence-corrected chi connectivity index (χ3v) is 5.10. The second-order valence-electron chi connectivity index (χ2n) is 7.43. The van der Waals surface area contributed by atoms with E-state index >= 15 is 0 Å². The first kappa shape index (κ1) is 18.3. The zero-order valence-electron chi connectivity index (χ0n) is 16.5. The average Bonchev–Trinajstić information content (AvgIpc) is 3.56. The number of rotatable bonds is 6. The molecule has 0 spiro atoms. The molecule has 1 aliphatic rings. The molecule has 4 aromatic rings. The van der Waals surface area contributed by atoms with Gasteiger partial charge in [0.05, 0.1) is 16.6 Å².